The van der Waals surface area contributed by atoms with E-state index in [-0.39, 0.29) is 11.7 Å². The van der Waals surface area contributed by atoms with Gasteiger partial charge in [0.25, 0.3) is 5.91 Å². The number of nitrogens with one attached hydrogen (secondary N) is 2. The highest BCUT2D eigenvalue weighted by molar-refractivity contribution is 5.95. The summed E-state index contributed by atoms with van der Waals surface area (Å²) in [4.78, 5) is 28.3. The molecule has 0 atom stereocenters. The predicted molar refractivity (Wildman–Crippen MR) is 119 cm³/mol. The normalized spacial score (nSPS) is 13.2. The van der Waals surface area contributed by atoms with Gasteiger partial charge in [-0.25, -0.2) is 4.52 Å². The SMILES string of the molecule is CC(=O)c1ccc(-c2cccn3nc(Nc4ccc(C(=O)NC5CC5)cc4)nc23)cc1. The van der Waals surface area contributed by atoms with Crippen LogP contribution in [0.5, 0.6) is 0 Å². The van der Waals surface area contributed by atoms with Crippen molar-refractivity contribution in [3.05, 3.63) is 78.0 Å². The van der Waals surface area contributed by atoms with Crippen LogP contribution in [-0.2, 0) is 0 Å². The maximum atomic E-state index is 12.1. The number of carbonyl (C=O) groups is 2. The highest BCUT2D eigenvalue weighted by Crippen LogP contribution is 2.26. The van der Waals surface area contributed by atoms with Crippen molar-refractivity contribution in [2.45, 2.75) is 25.8 Å². The fourth-order valence-corrected chi connectivity index (χ4v) is 3.40. The fraction of sp³-hybridized carbons (Fsp3) is 0.167. The summed E-state index contributed by atoms with van der Waals surface area (Å²) in [5.74, 6) is 0.457. The van der Waals surface area contributed by atoms with E-state index in [1.165, 1.54) is 0 Å². The van der Waals surface area contributed by atoms with Crippen LogP contribution in [0.3, 0.4) is 0 Å². The summed E-state index contributed by atoms with van der Waals surface area (Å²) in [6.07, 6.45) is 3.97. The quantitative estimate of drug-likeness (QED) is 0.464. The Labute approximate surface area is 179 Å². The Morgan fingerprint density at radius 2 is 1.68 bits per heavy atom. The minimum Gasteiger partial charge on any atom is -0.349 e. The van der Waals surface area contributed by atoms with Crippen molar-refractivity contribution >= 4 is 29.0 Å². The molecule has 0 unspecified atom stereocenters. The number of hydrogen-bond donors (Lipinski definition) is 2. The van der Waals surface area contributed by atoms with Gasteiger partial charge in [0.1, 0.15) is 0 Å². The first-order valence-electron chi connectivity index (χ1n) is 10.2. The first kappa shape index (κ1) is 19.0. The number of hydrogen-bond acceptors (Lipinski definition) is 5. The molecule has 7 heteroatoms. The van der Waals surface area contributed by atoms with E-state index in [1.54, 1.807) is 23.6 Å². The molecule has 0 saturated heterocycles. The van der Waals surface area contributed by atoms with Gasteiger partial charge in [-0.2, -0.15) is 4.98 Å². The summed E-state index contributed by atoms with van der Waals surface area (Å²) in [6.45, 7) is 1.55. The molecule has 1 amide bonds. The van der Waals surface area contributed by atoms with Gasteiger partial charge in [0, 0.05) is 34.6 Å². The molecule has 0 bridgehead atoms. The van der Waals surface area contributed by atoms with E-state index in [9.17, 15) is 9.59 Å². The van der Waals surface area contributed by atoms with E-state index >= 15 is 0 Å². The average Bonchev–Trinajstić information content (AvgIpc) is 3.50. The van der Waals surface area contributed by atoms with Crippen molar-refractivity contribution in [1.29, 1.82) is 0 Å². The molecule has 2 N–H and O–H groups in total. The molecule has 0 aliphatic heterocycles. The number of anilines is 2. The van der Waals surface area contributed by atoms with E-state index in [4.69, 9.17) is 0 Å². The number of fused-ring (bicyclic) bond motifs is 1. The lowest BCUT2D eigenvalue weighted by atomic mass is 10.0. The zero-order valence-corrected chi connectivity index (χ0v) is 17.0. The van der Waals surface area contributed by atoms with Crippen molar-refractivity contribution in [2.24, 2.45) is 0 Å². The monoisotopic (exact) mass is 411 g/mol. The van der Waals surface area contributed by atoms with Gasteiger partial charge in [-0.3, -0.25) is 9.59 Å². The van der Waals surface area contributed by atoms with Gasteiger partial charge in [0.05, 0.1) is 0 Å². The fourth-order valence-electron chi connectivity index (χ4n) is 3.40. The van der Waals surface area contributed by atoms with Crippen LogP contribution in [0.25, 0.3) is 16.8 Å². The molecule has 4 aromatic rings. The van der Waals surface area contributed by atoms with Crippen LogP contribution in [0.15, 0.2) is 66.9 Å². The van der Waals surface area contributed by atoms with Crippen molar-refractivity contribution in [3.63, 3.8) is 0 Å². The lowest BCUT2D eigenvalue weighted by Crippen LogP contribution is -2.25. The Kier molecular flexibility index (Phi) is 4.71. The third-order valence-corrected chi connectivity index (χ3v) is 5.28. The zero-order valence-electron chi connectivity index (χ0n) is 17.0. The molecular weight excluding hydrogens is 390 g/mol. The molecule has 1 aliphatic carbocycles. The maximum absolute atomic E-state index is 12.1. The third-order valence-electron chi connectivity index (χ3n) is 5.28. The lowest BCUT2D eigenvalue weighted by Gasteiger charge is -2.05. The van der Waals surface area contributed by atoms with Gasteiger partial charge in [-0.05, 0) is 61.7 Å². The van der Waals surface area contributed by atoms with Crippen LogP contribution < -0.4 is 10.6 Å². The smallest absolute Gasteiger partial charge is 0.251 e. The van der Waals surface area contributed by atoms with Gasteiger partial charge < -0.3 is 10.6 Å². The van der Waals surface area contributed by atoms with Gasteiger partial charge in [0.2, 0.25) is 5.95 Å². The van der Waals surface area contributed by atoms with Crippen molar-refractivity contribution in [1.82, 2.24) is 19.9 Å². The van der Waals surface area contributed by atoms with Crippen LogP contribution in [0.2, 0.25) is 0 Å². The van der Waals surface area contributed by atoms with E-state index in [0.717, 1.165) is 29.7 Å². The van der Waals surface area contributed by atoms with Gasteiger partial charge in [-0.1, -0.05) is 24.3 Å². The second-order valence-electron chi connectivity index (χ2n) is 7.71. The average molecular weight is 411 g/mol. The number of nitrogens with zero attached hydrogens (tertiary/aromatic N) is 3. The first-order chi connectivity index (χ1) is 15.1. The molecule has 0 radical (unpaired) electrons. The minimum absolute atomic E-state index is 0.0368. The van der Waals surface area contributed by atoms with E-state index in [1.807, 2.05) is 54.7 Å². The molecule has 154 valence electrons. The predicted octanol–water partition coefficient (Wildman–Crippen LogP) is 4.23. The van der Waals surface area contributed by atoms with Gasteiger partial charge in [-0.15, -0.1) is 5.10 Å². The molecule has 31 heavy (non-hydrogen) atoms. The summed E-state index contributed by atoms with van der Waals surface area (Å²) < 4.78 is 1.72. The van der Waals surface area contributed by atoms with Gasteiger partial charge in [0.15, 0.2) is 11.4 Å². The number of ketones is 1. The Morgan fingerprint density at radius 1 is 0.968 bits per heavy atom. The molecule has 0 spiro atoms. The Morgan fingerprint density at radius 3 is 2.35 bits per heavy atom. The van der Waals surface area contributed by atoms with E-state index in [0.29, 0.717) is 28.8 Å². The molecule has 7 nitrogen and oxygen atoms in total. The Hall–Kier alpha value is -4.00. The molecule has 2 aromatic heterocycles. The van der Waals surface area contributed by atoms with Crippen molar-refractivity contribution in [2.75, 3.05) is 5.32 Å². The van der Waals surface area contributed by atoms with E-state index in [2.05, 4.69) is 20.7 Å². The minimum atomic E-state index is -0.0414. The Balaban J connectivity index is 1.38. The highest BCUT2D eigenvalue weighted by Gasteiger charge is 2.23. The van der Waals surface area contributed by atoms with E-state index < -0.39 is 0 Å². The van der Waals surface area contributed by atoms with Crippen LogP contribution >= 0.6 is 0 Å². The number of benzene rings is 2. The second-order valence-corrected chi connectivity index (χ2v) is 7.71. The summed E-state index contributed by atoms with van der Waals surface area (Å²) in [5, 5.41) is 10.7. The molecule has 2 heterocycles. The molecule has 5 rings (SSSR count). The number of aromatic nitrogens is 3. The van der Waals surface area contributed by atoms with Crippen molar-refractivity contribution < 1.29 is 9.59 Å². The molecule has 1 fully saturated rings. The highest BCUT2D eigenvalue weighted by atomic mass is 16.1. The van der Waals surface area contributed by atoms with Crippen LogP contribution in [0.1, 0.15) is 40.5 Å². The summed E-state index contributed by atoms with van der Waals surface area (Å²) in [6, 6.07) is 18.9. The largest absolute Gasteiger partial charge is 0.349 e. The number of carbonyl (C=O) groups excluding carboxylic acids is 2. The van der Waals surface area contributed by atoms with Crippen LogP contribution in [0.4, 0.5) is 11.6 Å². The van der Waals surface area contributed by atoms with Crippen LogP contribution in [0, 0.1) is 0 Å². The number of Topliss-reactive ketones (excluding diaryl/α,β-unsaturated/α-hetero) is 1. The maximum Gasteiger partial charge on any atom is 0.251 e. The lowest BCUT2D eigenvalue weighted by molar-refractivity contribution is 0.0950. The molecule has 1 aliphatic rings. The summed E-state index contributed by atoms with van der Waals surface area (Å²) >= 11 is 0. The number of rotatable bonds is 6. The number of pyridine rings is 1. The van der Waals surface area contributed by atoms with Gasteiger partial charge >= 0.3 is 0 Å². The summed E-state index contributed by atoms with van der Waals surface area (Å²) in [5.41, 5.74) is 4.70. The zero-order chi connectivity index (χ0) is 21.4. The molecule has 2 aromatic carbocycles. The van der Waals surface area contributed by atoms with Crippen molar-refractivity contribution in [3.8, 4) is 11.1 Å². The summed E-state index contributed by atoms with van der Waals surface area (Å²) in [7, 11) is 0. The first-order valence-corrected chi connectivity index (χ1v) is 10.2. The number of amides is 1. The van der Waals surface area contributed by atoms with Crippen LogP contribution in [-0.4, -0.2) is 32.3 Å². The second kappa shape index (κ2) is 7.68. The third kappa shape index (κ3) is 4.02. The molecule has 1 saturated carbocycles. The molecular formula is C24H21N5O2. The standard InChI is InChI=1S/C24H21N5O2/c1-15(30)16-4-6-17(7-5-16)21-3-2-14-29-22(21)27-24(28-29)26-20-10-8-18(9-11-20)23(31)25-19-12-13-19/h2-11,14,19H,12-13H2,1H3,(H,25,31)(H,26,28). The topological polar surface area (TPSA) is 88.4 Å². The Bertz CT molecular complexity index is 1270.